The van der Waals surface area contributed by atoms with Gasteiger partial charge in [0.15, 0.2) is 0 Å². The van der Waals surface area contributed by atoms with Gasteiger partial charge in [-0.3, -0.25) is 14.8 Å². The summed E-state index contributed by atoms with van der Waals surface area (Å²) < 4.78 is 0. The Morgan fingerprint density at radius 3 is 2.83 bits per heavy atom. The van der Waals surface area contributed by atoms with Crippen LogP contribution in [0.15, 0.2) is 37.1 Å². The zero-order valence-corrected chi connectivity index (χ0v) is 16.8. The van der Waals surface area contributed by atoms with Gasteiger partial charge in [0.25, 0.3) is 0 Å². The summed E-state index contributed by atoms with van der Waals surface area (Å²) in [6.45, 7) is 3.73. The third-order valence-electron chi connectivity index (χ3n) is 5.00. The van der Waals surface area contributed by atoms with Gasteiger partial charge in [-0.1, -0.05) is 6.92 Å². The van der Waals surface area contributed by atoms with Crippen LogP contribution in [-0.2, 0) is 11.2 Å². The van der Waals surface area contributed by atoms with E-state index in [-0.39, 0.29) is 30.8 Å². The largest absolute Gasteiger partial charge is 0.367 e. The van der Waals surface area contributed by atoms with Gasteiger partial charge in [-0.2, -0.15) is 5.26 Å². The first-order chi connectivity index (χ1) is 13.6. The third kappa shape index (κ3) is 4.46. The normalized spacial score (nSPS) is 18.7. The van der Waals surface area contributed by atoms with Crippen LogP contribution in [0.2, 0.25) is 0 Å². The van der Waals surface area contributed by atoms with Crippen LogP contribution in [-0.4, -0.2) is 45.0 Å². The van der Waals surface area contributed by atoms with Crippen LogP contribution in [0, 0.1) is 17.2 Å². The Hall–Kier alpha value is -3.18. The van der Waals surface area contributed by atoms with E-state index in [0.717, 1.165) is 29.9 Å². The van der Waals surface area contributed by atoms with Gasteiger partial charge in [0.05, 0.1) is 24.0 Å². The lowest BCUT2D eigenvalue weighted by Crippen LogP contribution is -2.50. The number of rotatable bonds is 4. The average molecular weight is 412 g/mol. The molecule has 2 N–H and O–H groups in total. The monoisotopic (exact) mass is 411 g/mol. The standard InChI is InChI=1S/C20H21N7O.ClH/c1-13-6-16(26-18(28)7-15-9-22-12-25-15)11-27(10-13)17-3-2-14(8-21)19-20(17)24-5-4-23-19;/h2-5,9,12-13,16H,6-7,10-11H2,1H3,(H,22,25)(H,26,28);1H/t13-,16+;/m0./s1. The molecular formula is C20H22ClN7O. The molecule has 0 radical (unpaired) electrons. The van der Waals surface area contributed by atoms with E-state index in [4.69, 9.17) is 0 Å². The number of hydrogen-bond acceptors (Lipinski definition) is 6. The Balaban J connectivity index is 0.00000240. The number of piperidine rings is 1. The zero-order valence-electron chi connectivity index (χ0n) is 16.0. The fraction of sp³-hybridized carbons (Fsp3) is 0.350. The zero-order chi connectivity index (χ0) is 19.5. The van der Waals surface area contributed by atoms with Crippen molar-refractivity contribution in [2.75, 3.05) is 18.0 Å². The fourth-order valence-corrected chi connectivity index (χ4v) is 3.87. The van der Waals surface area contributed by atoms with Gasteiger partial charge in [-0.25, -0.2) is 4.98 Å². The van der Waals surface area contributed by atoms with E-state index < -0.39 is 0 Å². The lowest BCUT2D eigenvalue weighted by Gasteiger charge is -2.38. The number of carbonyl (C=O) groups is 1. The first-order valence-electron chi connectivity index (χ1n) is 9.29. The average Bonchev–Trinajstić information content (AvgIpc) is 3.19. The van der Waals surface area contributed by atoms with Crippen molar-refractivity contribution in [2.24, 2.45) is 5.92 Å². The molecule has 150 valence electrons. The van der Waals surface area contributed by atoms with Crippen LogP contribution in [0.5, 0.6) is 0 Å². The minimum Gasteiger partial charge on any atom is -0.367 e. The van der Waals surface area contributed by atoms with Crippen LogP contribution < -0.4 is 10.2 Å². The number of imidazole rings is 1. The molecule has 0 spiro atoms. The number of nitriles is 1. The minimum absolute atomic E-state index is 0. The molecule has 8 nitrogen and oxygen atoms in total. The van der Waals surface area contributed by atoms with E-state index in [9.17, 15) is 10.1 Å². The van der Waals surface area contributed by atoms with Crippen molar-refractivity contribution in [1.82, 2.24) is 25.3 Å². The van der Waals surface area contributed by atoms with Crippen molar-refractivity contribution in [2.45, 2.75) is 25.8 Å². The number of aromatic amines is 1. The smallest absolute Gasteiger partial charge is 0.226 e. The molecule has 1 aliphatic rings. The van der Waals surface area contributed by atoms with E-state index in [1.807, 2.05) is 6.07 Å². The van der Waals surface area contributed by atoms with Crippen molar-refractivity contribution in [3.8, 4) is 6.07 Å². The molecule has 0 aliphatic carbocycles. The second-order valence-corrected chi connectivity index (χ2v) is 7.26. The number of fused-ring (bicyclic) bond motifs is 1. The van der Waals surface area contributed by atoms with Gasteiger partial charge in [-0.15, -0.1) is 12.4 Å². The molecule has 1 saturated heterocycles. The minimum atomic E-state index is -0.0206. The van der Waals surface area contributed by atoms with Gasteiger partial charge in [0.2, 0.25) is 5.91 Å². The molecule has 1 aromatic carbocycles. The molecule has 3 aromatic rings. The lowest BCUT2D eigenvalue weighted by molar-refractivity contribution is -0.121. The van der Waals surface area contributed by atoms with Gasteiger partial charge in [0, 0.05) is 43.4 Å². The van der Waals surface area contributed by atoms with E-state index in [2.05, 4.69) is 43.1 Å². The first-order valence-corrected chi connectivity index (χ1v) is 9.29. The molecule has 0 bridgehead atoms. The highest BCUT2D eigenvalue weighted by atomic mass is 35.5. The Bertz CT molecular complexity index is 1030. The highest BCUT2D eigenvalue weighted by molar-refractivity contribution is 5.92. The topological polar surface area (TPSA) is 111 Å². The molecule has 1 amide bonds. The summed E-state index contributed by atoms with van der Waals surface area (Å²) in [6, 6.07) is 5.94. The van der Waals surface area contributed by atoms with E-state index in [1.54, 1.807) is 31.0 Å². The molecule has 4 rings (SSSR count). The summed E-state index contributed by atoms with van der Waals surface area (Å²) in [6.07, 6.45) is 7.69. The second-order valence-electron chi connectivity index (χ2n) is 7.26. The summed E-state index contributed by atoms with van der Waals surface area (Å²) in [4.78, 5) is 30.3. The van der Waals surface area contributed by atoms with E-state index >= 15 is 0 Å². The number of nitrogens with zero attached hydrogens (tertiary/aromatic N) is 5. The van der Waals surface area contributed by atoms with Crippen LogP contribution in [0.1, 0.15) is 24.6 Å². The summed E-state index contributed by atoms with van der Waals surface area (Å²) in [5.41, 5.74) is 3.59. The molecule has 1 fully saturated rings. The predicted octanol–water partition coefficient (Wildman–Crippen LogP) is 2.22. The second kappa shape index (κ2) is 8.88. The van der Waals surface area contributed by atoms with Gasteiger partial charge in [-0.05, 0) is 24.5 Å². The molecule has 2 aromatic heterocycles. The highest BCUT2D eigenvalue weighted by Gasteiger charge is 2.27. The number of anilines is 1. The van der Waals surface area contributed by atoms with Gasteiger partial charge < -0.3 is 15.2 Å². The number of nitrogens with one attached hydrogen (secondary N) is 2. The molecule has 0 saturated carbocycles. The third-order valence-corrected chi connectivity index (χ3v) is 5.00. The maximum atomic E-state index is 12.4. The molecule has 2 atom stereocenters. The van der Waals surface area contributed by atoms with Crippen molar-refractivity contribution in [3.05, 3.63) is 48.3 Å². The van der Waals surface area contributed by atoms with E-state index in [1.165, 1.54) is 0 Å². The van der Waals surface area contributed by atoms with E-state index in [0.29, 0.717) is 23.5 Å². The molecule has 3 heterocycles. The summed E-state index contributed by atoms with van der Waals surface area (Å²) in [5, 5.41) is 12.5. The molecule has 29 heavy (non-hydrogen) atoms. The SMILES string of the molecule is C[C@H]1C[C@@H](NC(=O)Cc2cnc[nH]2)CN(c2ccc(C#N)c3nccnc23)C1.Cl. The van der Waals surface area contributed by atoms with Crippen LogP contribution >= 0.6 is 12.4 Å². The number of amides is 1. The van der Waals surface area contributed by atoms with Crippen molar-refractivity contribution in [3.63, 3.8) is 0 Å². The molecule has 9 heteroatoms. The molecule has 0 unspecified atom stereocenters. The Morgan fingerprint density at radius 1 is 1.31 bits per heavy atom. The number of halogens is 1. The van der Waals surface area contributed by atoms with Crippen LogP contribution in [0.25, 0.3) is 11.0 Å². The quantitative estimate of drug-likeness (QED) is 0.681. The van der Waals surface area contributed by atoms with Gasteiger partial charge in [0.1, 0.15) is 17.1 Å². The maximum Gasteiger partial charge on any atom is 0.226 e. The van der Waals surface area contributed by atoms with Crippen molar-refractivity contribution >= 4 is 35.0 Å². The maximum absolute atomic E-state index is 12.4. The number of carbonyl (C=O) groups excluding carboxylic acids is 1. The fourth-order valence-electron chi connectivity index (χ4n) is 3.87. The van der Waals surface area contributed by atoms with Crippen LogP contribution in [0.4, 0.5) is 5.69 Å². The predicted molar refractivity (Wildman–Crippen MR) is 112 cm³/mol. The number of benzene rings is 1. The van der Waals surface area contributed by atoms with Crippen LogP contribution in [0.3, 0.4) is 0 Å². The summed E-state index contributed by atoms with van der Waals surface area (Å²) in [5.74, 6) is 0.390. The van der Waals surface area contributed by atoms with Gasteiger partial charge >= 0.3 is 0 Å². The Kier molecular flexibility index (Phi) is 6.29. The summed E-state index contributed by atoms with van der Waals surface area (Å²) >= 11 is 0. The number of hydrogen-bond donors (Lipinski definition) is 2. The Labute approximate surface area is 174 Å². The van der Waals surface area contributed by atoms with Crippen molar-refractivity contribution in [1.29, 1.82) is 5.26 Å². The van der Waals surface area contributed by atoms with Crippen molar-refractivity contribution < 1.29 is 4.79 Å². The molecule has 1 aliphatic heterocycles. The Morgan fingerprint density at radius 2 is 2.10 bits per heavy atom. The first kappa shape index (κ1) is 20.6. The molecular weight excluding hydrogens is 390 g/mol. The highest BCUT2D eigenvalue weighted by Crippen LogP contribution is 2.30. The lowest BCUT2D eigenvalue weighted by atomic mass is 9.95. The number of aromatic nitrogens is 4. The summed E-state index contributed by atoms with van der Waals surface area (Å²) in [7, 11) is 0. The number of H-pyrrole nitrogens is 1.